The third kappa shape index (κ3) is 4.75. The summed E-state index contributed by atoms with van der Waals surface area (Å²) in [5.41, 5.74) is 2.82. The molecule has 4 rings (SSSR count). The minimum atomic E-state index is -0.411. The lowest BCUT2D eigenvalue weighted by Gasteiger charge is -2.34. The van der Waals surface area contributed by atoms with Gasteiger partial charge in [-0.25, -0.2) is 0 Å². The normalized spacial score (nSPS) is 18.4. The highest BCUT2D eigenvalue weighted by molar-refractivity contribution is 7.16. The maximum Gasteiger partial charge on any atom is 0.226 e. The van der Waals surface area contributed by atoms with Crippen LogP contribution in [0, 0.1) is 17.2 Å². The van der Waals surface area contributed by atoms with Crippen LogP contribution in [0.15, 0.2) is 30.3 Å². The Morgan fingerprint density at radius 1 is 1.23 bits per heavy atom. The van der Waals surface area contributed by atoms with Crippen LogP contribution >= 0.6 is 11.3 Å². The highest BCUT2D eigenvalue weighted by Crippen LogP contribution is 2.37. The van der Waals surface area contributed by atoms with E-state index in [2.05, 4.69) is 16.3 Å². The molecule has 30 heavy (non-hydrogen) atoms. The van der Waals surface area contributed by atoms with Gasteiger partial charge in [0.2, 0.25) is 5.91 Å². The quantitative estimate of drug-likeness (QED) is 0.727. The van der Waals surface area contributed by atoms with E-state index in [-0.39, 0.29) is 11.8 Å². The molecule has 0 bridgehead atoms. The Morgan fingerprint density at radius 2 is 1.97 bits per heavy atom. The predicted molar refractivity (Wildman–Crippen MR) is 119 cm³/mol. The molecule has 1 aromatic carbocycles. The number of thiophene rings is 1. The molecule has 0 spiro atoms. The molecule has 1 amide bonds. The largest absolute Gasteiger partial charge is 0.388 e. The summed E-state index contributed by atoms with van der Waals surface area (Å²) in [4.78, 5) is 16.1. The lowest BCUT2D eigenvalue weighted by Crippen LogP contribution is -2.37. The molecular weight excluding hydrogens is 394 g/mol. The summed E-state index contributed by atoms with van der Waals surface area (Å²) in [6.45, 7) is 2.52. The number of aliphatic hydroxyl groups is 1. The first-order valence-corrected chi connectivity index (χ1v) is 11.8. The van der Waals surface area contributed by atoms with Crippen LogP contribution in [-0.2, 0) is 17.6 Å². The number of fused-ring (bicyclic) bond motifs is 1. The van der Waals surface area contributed by atoms with E-state index in [0.717, 1.165) is 61.3 Å². The van der Waals surface area contributed by atoms with Crippen LogP contribution in [0.2, 0.25) is 0 Å². The van der Waals surface area contributed by atoms with E-state index < -0.39 is 6.10 Å². The third-order valence-corrected chi connectivity index (χ3v) is 7.62. The Labute approximate surface area is 182 Å². The lowest BCUT2D eigenvalue weighted by atomic mass is 9.87. The molecule has 2 aromatic rings. The molecule has 1 saturated heterocycles. The number of carbonyl (C=O) groups excluding carboxylic acids is 1. The van der Waals surface area contributed by atoms with Crippen LogP contribution in [0.25, 0.3) is 0 Å². The average Bonchev–Trinajstić information content (AvgIpc) is 3.15. The van der Waals surface area contributed by atoms with E-state index in [1.165, 1.54) is 11.3 Å². The van der Waals surface area contributed by atoms with Crippen molar-refractivity contribution < 1.29 is 9.90 Å². The number of hydrogen-bond acceptors (Lipinski definition) is 5. The van der Waals surface area contributed by atoms with Crippen molar-refractivity contribution in [1.82, 2.24) is 4.90 Å². The number of nitrogens with one attached hydrogen (secondary N) is 1. The molecule has 2 aliphatic rings. The molecule has 158 valence electrons. The Balaban J connectivity index is 1.25. The Kier molecular flexibility index (Phi) is 6.83. The Hall–Kier alpha value is -2.20. The summed E-state index contributed by atoms with van der Waals surface area (Å²) in [5, 5.41) is 23.9. The van der Waals surface area contributed by atoms with Gasteiger partial charge in [-0.15, -0.1) is 11.3 Å². The van der Waals surface area contributed by atoms with Crippen molar-refractivity contribution >= 4 is 22.2 Å². The molecule has 5 nitrogen and oxygen atoms in total. The highest BCUT2D eigenvalue weighted by Gasteiger charge is 2.26. The molecule has 1 fully saturated rings. The molecular formula is C24H29N3O2S. The van der Waals surface area contributed by atoms with Crippen molar-refractivity contribution in [3.63, 3.8) is 0 Å². The number of amides is 1. The fraction of sp³-hybridized carbons (Fsp3) is 0.500. The van der Waals surface area contributed by atoms with Crippen LogP contribution in [0.1, 0.15) is 59.8 Å². The number of likely N-dealkylation sites (tertiary alicyclic amines) is 1. The van der Waals surface area contributed by atoms with Crippen molar-refractivity contribution in [2.24, 2.45) is 5.92 Å². The monoisotopic (exact) mass is 423 g/mol. The summed E-state index contributed by atoms with van der Waals surface area (Å²) >= 11 is 1.58. The zero-order valence-electron chi connectivity index (χ0n) is 17.3. The van der Waals surface area contributed by atoms with Crippen LogP contribution in [0.4, 0.5) is 5.00 Å². The van der Waals surface area contributed by atoms with Gasteiger partial charge in [0.25, 0.3) is 0 Å². The van der Waals surface area contributed by atoms with Gasteiger partial charge in [-0.3, -0.25) is 4.79 Å². The van der Waals surface area contributed by atoms with E-state index in [4.69, 9.17) is 0 Å². The minimum Gasteiger partial charge on any atom is -0.388 e. The number of piperidine rings is 1. The molecule has 0 saturated carbocycles. The van der Waals surface area contributed by atoms with Crippen LogP contribution in [0.3, 0.4) is 0 Å². The van der Waals surface area contributed by atoms with Crippen molar-refractivity contribution in [3.8, 4) is 6.07 Å². The molecule has 2 N–H and O–H groups in total. The number of aryl methyl sites for hydroxylation is 1. The standard InChI is InChI=1S/C24H29N3O2S/c25-16-20-19-8-4-5-9-21(19)30-24(20)26-22(28)12-15-27-13-10-18(11-14-27)23(29)17-6-2-1-3-7-17/h1-3,6-7,18,23,29H,4-5,8-15H2,(H,26,28). The average molecular weight is 424 g/mol. The molecule has 1 aliphatic carbocycles. The van der Waals surface area contributed by atoms with Crippen molar-refractivity contribution in [3.05, 3.63) is 51.9 Å². The number of nitriles is 1. The maximum absolute atomic E-state index is 12.5. The number of rotatable bonds is 6. The van der Waals surface area contributed by atoms with E-state index >= 15 is 0 Å². The first kappa shape index (κ1) is 21.0. The van der Waals surface area contributed by atoms with Crippen molar-refractivity contribution in [2.75, 3.05) is 25.0 Å². The predicted octanol–water partition coefficient (Wildman–Crippen LogP) is 4.27. The van der Waals surface area contributed by atoms with Crippen LogP contribution < -0.4 is 5.32 Å². The molecule has 1 atom stereocenters. The maximum atomic E-state index is 12.5. The molecule has 0 radical (unpaired) electrons. The zero-order chi connectivity index (χ0) is 20.9. The summed E-state index contributed by atoms with van der Waals surface area (Å²) in [6.07, 6.45) is 6.16. The highest BCUT2D eigenvalue weighted by atomic mass is 32.1. The Morgan fingerprint density at radius 3 is 2.70 bits per heavy atom. The molecule has 1 aliphatic heterocycles. The van der Waals surface area contributed by atoms with Crippen LogP contribution in [0.5, 0.6) is 0 Å². The zero-order valence-corrected chi connectivity index (χ0v) is 18.1. The first-order chi connectivity index (χ1) is 14.7. The molecule has 1 unspecified atom stereocenters. The Bertz CT molecular complexity index is 911. The van der Waals surface area contributed by atoms with Gasteiger partial charge in [-0.1, -0.05) is 30.3 Å². The SMILES string of the molecule is N#Cc1c(NC(=O)CCN2CCC(C(O)c3ccccc3)CC2)sc2c1CCCC2. The number of carbonyl (C=O) groups is 1. The topological polar surface area (TPSA) is 76.4 Å². The van der Waals surface area contributed by atoms with Gasteiger partial charge in [-0.05, 0) is 68.7 Å². The first-order valence-electron chi connectivity index (χ1n) is 11.0. The van der Waals surface area contributed by atoms with Crippen molar-refractivity contribution in [2.45, 2.75) is 51.0 Å². The summed E-state index contributed by atoms with van der Waals surface area (Å²) < 4.78 is 0. The van der Waals surface area contributed by atoms with E-state index in [1.807, 2.05) is 30.3 Å². The second-order valence-electron chi connectivity index (χ2n) is 8.36. The van der Waals surface area contributed by atoms with Gasteiger partial charge < -0.3 is 15.3 Å². The van der Waals surface area contributed by atoms with Gasteiger partial charge in [0.1, 0.15) is 11.1 Å². The van der Waals surface area contributed by atoms with Gasteiger partial charge in [0, 0.05) is 17.8 Å². The van der Waals surface area contributed by atoms with E-state index in [0.29, 0.717) is 18.5 Å². The van der Waals surface area contributed by atoms with Gasteiger partial charge in [0.05, 0.1) is 11.7 Å². The number of nitrogens with zero attached hydrogens (tertiary/aromatic N) is 2. The second kappa shape index (κ2) is 9.74. The summed E-state index contributed by atoms with van der Waals surface area (Å²) in [5.74, 6) is 0.254. The van der Waals surface area contributed by atoms with Crippen LogP contribution in [-0.4, -0.2) is 35.5 Å². The van der Waals surface area contributed by atoms with Gasteiger partial charge in [-0.2, -0.15) is 5.26 Å². The van der Waals surface area contributed by atoms with Gasteiger partial charge in [0.15, 0.2) is 0 Å². The number of aliphatic hydroxyl groups excluding tert-OH is 1. The van der Waals surface area contributed by atoms with Crippen molar-refractivity contribution in [1.29, 1.82) is 5.26 Å². The molecule has 6 heteroatoms. The number of hydrogen-bond donors (Lipinski definition) is 2. The fourth-order valence-electron chi connectivity index (χ4n) is 4.64. The summed E-state index contributed by atoms with van der Waals surface area (Å²) in [7, 11) is 0. The number of anilines is 1. The third-order valence-electron chi connectivity index (χ3n) is 6.41. The molecule has 1 aromatic heterocycles. The second-order valence-corrected chi connectivity index (χ2v) is 9.46. The lowest BCUT2D eigenvalue weighted by molar-refractivity contribution is -0.116. The van der Waals surface area contributed by atoms with E-state index in [9.17, 15) is 15.2 Å². The molecule has 2 heterocycles. The minimum absolute atomic E-state index is 0.0171. The smallest absolute Gasteiger partial charge is 0.226 e. The summed E-state index contributed by atoms with van der Waals surface area (Å²) in [6, 6.07) is 12.2. The number of benzene rings is 1. The van der Waals surface area contributed by atoms with E-state index in [1.54, 1.807) is 11.3 Å². The van der Waals surface area contributed by atoms with Gasteiger partial charge >= 0.3 is 0 Å². The fourth-order valence-corrected chi connectivity index (χ4v) is 5.89.